The zero-order valence-electron chi connectivity index (χ0n) is 12.4. The van der Waals surface area contributed by atoms with Crippen LogP contribution in [0.5, 0.6) is 0 Å². The molecule has 2 N–H and O–H groups in total. The second-order valence-electron chi connectivity index (χ2n) is 5.90. The van der Waals surface area contributed by atoms with Gasteiger partial charge in [-0.05, 0) is 18.8 Å². The van der Waals surface area contributed by atoms with Crippen LogP contribution in [0.25, 0.3) is 0 Å². The second-order valence-corrected chi connectivity index (χ2v) is 5.90. The fourth-order valence-corrected chi connectivity index (χ4v) is 2.76. The maximum atomic E-state index is 12.5. The van der Waals surface area contributed by atoms with Gasteiger partial charge >= 0.3 is 0 Å². The second kappa shape index (κ2) is 6.54. The first-order valence-electron chi connectivity index (χ1n) is 7.45. The lowest BCUT2D eigenvalue weighted by molar-refractivity contribution is -0.147. The molecule has 0 saturated carbocycles. The van der Waals surface area contributed by atoms with Crippen LogP contribution in [0.15, 0.2) is 0 Å². The molecule has 2 atom stereocenters. The average Bonchev–Trinajstić information content (AvgIpc) is 2.95. The first kappa shape index (κ1) is 15.3. The number of hydrogen-bond acceptors (Lipinski definition) is 4. The zero-order valence-corrected chi connectivity index (χ0v) is 12.4. The topological polar surface area (TPSA) is 75.9 Å². The molecule has 20 heavy (non-hydrogen) atoms. The summed E-state index contributed by atoms with van der Waals surface area (Å²) in [6.07, 6.45) is 1.62. The largest absolute Gasteiger partial charge is 0.378 e. The molecule has 2 aliphatic rings. The van der Waals surface area contributed by atoms with Crippen LogP contribution < -0.4 is 5.73 Å². The first-order valence-corrected chi connectivity index (χ1v) is 7.45. The number of nitrogens with zero attached hydrogens (tertiary/aromatic N) is 2. The lowest BCUT2D eigenvalue weighted by Gasteiger charge is -2.33. The number of carbonyl (C=O) groups excluding carboxylic acids is 2. The van der Waals surface area contributed by atoms with Crippen molar-refractivity contribution in [2.45, 2.75) is 38.8 Å². The molecule has 0 spiro atoms. The summed E-state index contributed by atoms with van der Waals surface area (Å²) in [5.74, 6) is 0.0430. The molecule has 2 aliphatic heterocycles. The Kier molecular flexibility index (Phi) is 4.99. The summed E-state index contributed by atoms with van der Waals surface area (Å²) in [4.78, 5) is 28.4. The van der Waals surface area contributed by atoms with Crippen molar-refractivity contribution in [3.8, 4) is 0 Å². The van der Waals surface area contributed by atoms with Crippen LogP contribution in [-0.2, 0) is 14.3 Å². The molecule has 2 saturated heterocycles. The molecule has 114 valence electrons. The van der Waals surface area contributed by atoms with E-state index in [0.29, 0.717) is 32.8 Å². The van der Waals surface area contributed by atoms with Gasteiger partial charge in [-0.15, -0.1) is 0 Å². The zero-order chi connectivity index (χ0) is 14.7. The van der Waals surface area contributed by atoms with Gasteiger partial charge in [0.1, 0.15) is 6.04 Å². The normalized spacial score (nSPS) is 25.1. The summed E-state index contributed by atoms with van der Waals surface area (Å²) < 4.78 is 5.26. The van der Waals surface area contributed by atoms with E-state index in [1.165, 1.54) is 0 Å². The number of rotatable bonds is 3. The van der Waals surface area contributed by atoms with E-state index in [4.69, 9.17) is 10.5 Å². The quantitative estimate of drug-likeness (QED) is 0.779. The van der Waals surface area contributed by atoms with E-state index in [1.807, 2.05) is 13.8 Å². The molecule has 2 heterocycles. The van der Waals surface area contributed by atoms with E-state index in [1.54, 1.807) is 9.80 Å². The smallest absolute Gasteiger partial charge is 0.245 e. The van der Waals surface area contributed by atoms with Crippen molar-refractivity contribution in [3.63, 3.8) is 0 Å². The van der Waals surface area contributed by atoms with Gasteiger partial charge in [-0.2, -0.15) is 0 Å². The number of hydrogen-bond donors (Lipinski definition) is 1. The van der Waals surface area contributed by atoms with Crippen molar-refractivity contribution < 1.29 is 14.3 Å². The number of nitrogens with two attached hydrogens (primary N) is 1. The van der Waals surface area contributed by atoms with Gasteiger partial charge in [-0.1, -0.05) is 13.8 Å². The molecule has 0 radical (unpaired) electrons. The minimum Gasteiger partial charge on any atom is -0.378 e. The molecule has 0 aromatic carbocycles. The van der Waals surface area contributed by atoms with Crippen LogP contribution in [-0.4, -0.2) is 66.5 Å². The van der Waals surface area contributed by atoms with Crippen LogP contribution in [0.4, 0.5) is 0 Å². The summed E-state index contributed by atoms with van der Waals surface area (Å²) in [5, 5.41) is 0. The molecular weight excluding hydrogens is 258 g/mol. The molecule has 0 aromatic rings. The minimum atomic E-state index is -0.520. The Morgan fingerprint density at radius 2 is 1.85 bits per heavy atom. The van der Waals surface area contributed by atoms with Crippen LogP contribution in [0, 0.1) is 5.92 Å². The Morgan fingerprint density at radius 3 is 2.45 bits per heavy atom. The Bertz CT molecular complexity index is 367. The molecular formula is C14H25N3O3. The van der Waals surface area contributed by atoms with E-state index >= 15 is 0 Å². The molecule has 0 bridgehead atoms. The van der Waals surface area contributed by atoms with Crippen LogP contribution >= 0.6 is 0 Å². The number of amides is 2. The van der Waals surface area contributed by atoms with Crippen LogP contribution in [0.1, 0.15) is 26.7 Å². The number of likely N-dealkylation sites (tertiary alicyclic amines) is 1. The minimum absolute atomic E-state index is 0.0510. The fraction of sp³-hybridized carbons (Fsp3) is 0.857. The summed E-state index contributed by atoms with van der Waals surface area (Å²) in [7, 11) is 0. The number of carbonyl (C=O) groups is 2. The van der Waals surface area contributed by atoms with Gasteiger partial charge < -0.3 is 20.3 Å². The lowest BCUT2D eigenvalue weighted by atomic mass is 10.0. The average molecular weight is 283 g/mol. The van der Waals surface area contributed by atoms with E-state index in [0.717, 1.165) is 12.8 Å². The molecule has 0 aliphatic carbocycles. The monoisotopic (exact) mass is 283 g/mol. The molecule has 6 heteroatoms. The van der Waals surface area contributed by atoms with E-state index in [9.17, 15) is 9.59 Å². The van der Waals surface area contributed by atoms with Crippen LogP contribution in [0.2, 0.25) is 0 Å². The van der Waals surface area contributed by atoms with Gasteiger partial charge in [0.2, 0.25) is 11.8 Å². The Hall–Kier alpha value is -1.14. The maximum absolute atomic E-state index is 12.5. The van der Waals surface area contributed by atoms with Gasteiger partial charge in [0.25, 0.3) is 0 Å². The molecule has 2 amide bonds. The highest BCUT2D eigenvalue weighted by molar-refractivity contribution is 5.90. The standard InChI is InChI=1S/C14H25N3O3/c1-10(2)12(15)14(19)17-5-3-4-11(17)13(18)16-6-8-20-9-7-16/h10-12H,3-9,15H2,1-2H3/t11?,12-/m0/s1. The maximum Gasteiger partial charge on any atom is 0.245 e. The van der Waals surface area contributed by atoms with Crippen molar-refractivity contribution >= 4 is 11.8 Å². The fourth-order valence-electron chi connectivity index (χ4n) is 2.76. The van der Waals surface area contributed by atoms with E-state index < -0.39 is 6.04 Å². The summed E-state index contributed by atoms with van der Waals surface area (Å²) in [5.41, 5.74) is 5.94. The first-order chi connectivity index (χ1) is 9.52. The predicted molar refractivity (Wildman–Crippen MR) is 74.9 cm³/mol. The third kappa shape index (κ3) is 3.12. The van der Waals surface area contributed by atoms with Gasteiger partial charge in [-0.25, -0.2) is 0 Å². The van der Waals surface area contributed by atoms with Crippen molar-refractivity contribution in [2.24, 2.45) is 11.7 Å². The molecule has 1 unspecified atom stereocenters. The third-order valence-corrected chi connectivity index (χ3v) is 4.15. The Balaban J connectivity index is 2.02. The van der Waals surface area contributed by atoms with Crippen molar-refractivity contribution in [1.29, 1.82) is 0 Å². The highest BCUT2D eigenvalue weighted by Gasteiger charge is 2.38. The van der Waals surface area contributed by atoms with Crippen molar-refractivity contribution in [2.75, 3.05) is 32.8 Å². The third-order valence-electron chi connectivity index (χ3n) is 4.15. The van der Waals surface area contributed by atoms with Crippen molar-refractivity contribution in [1.82, 2.24) is 9.80 Å². The molecule has 2 fully saturated rings. The highest BCUT2D eigenvalue weighted by Crippen LogP contribution is 2.21. The SMILES string of the molecule is CC(C)[C@H](N)C(=O)N1CCCC1C(=O)N1CCOCC1. The predicted octanol–water partition coefficient (Wildman–Crippen LogP) is -0.180. The summed E-state index contributed by atoms with van der Waals surface area (Å²) in [6.45, 7) is 6.89. The van der Waals surface area contributed by atoms with Crippen molar-refractivity contribution in [3.05, 3.63) is 0 Å². The molecule has 0 aromatic heterocycles. The molecule has 6 nitrogen and oxygen atoms in total. The Morgan fingerprint density at radius 1 is 1.20 bits per heavy atom. The van der Waals surface area contributed by atoms with Gasteiger partial charge in [-0.3, -0.25) is 9.59 Å². The lowest BCUT2D eigenvalue weighted by Crippen LogP contribution is -2.54. The Labute approximate surface area is 120 Å². The molecule has 2 rings (SSSR count). The number of morpholine rings is 1. The van der Waals surface area contributed by atoms with E-state index in [-0.39, 0.29) is 23.8 Å². The van der Waals surface area contributed by atoms with Gasteiger partial charge in [0.05, 0.1) is 19.3 Å². The van der Waals surface area contributed by atoms with Crippen LogP contribution in [0.3, 0.4) is 0 Å². The highest BCUT2D eigenvalue weighted by atomic mass is 16.5. The summed E-state index contributed by atoms with van der Waals surface area (Å²) in [6, 6.07) is -0.849. The summed E-state index contributed by atoms with van der Waals surface area (Å²) >= 11 is 0. The van der Waals surface area contributed by atoms with E-state index in [2.05, 4.69) is 0 Å². The van der Waals surface area contributed by atoms with Gasteiger partial charge in [0.15, 0.2) is 0 Å². The number of ether oxygens (including phenoxy) is 1. The van der Waals surface area contributed by atoms with Gasteiger partial charge in [0, 0.05) is 19.6 Å².